The summed E-state index contributed by atoms with van der Waals surface area (Å²) in [5, 5.41) is 13.1. The molecule has 0 unspecified atom stereocenters. The monoisotopic (exact) mass is 177 g/mol. The molecule has 0 aliphatic heterocycles. The van der Waals surface area contributed by atoms with Crippen molar-refractivity contribution < 1.29 is 4.79 Å². The summed E-state index contributed by atoms with van der Waals surface area (Å²) >= 11 is 1.31. The van der Waals surface area contributed by atoms with Gasteiger partial charge in [0, 0.05) is 5.38 Å². The van der Waals surface area contributed by atoms with E-state index in [4.69, 9.17) is 13.1 Å². The van der Waals surface area contributed by atoms with Gasteiger partial charge in [0.2, 0.25) is 7.85 Å². The third kappa shape index (κ3) is 2.36. The van der Waals surface area contributed by atoms with Gasteiger partial charge < -0.3 is 5.32 Å². The molecule has 0 aromatic carbocycles. The first kappa shape index (κ1) is 8.75. The Balaban J connectivity index is 2.54. The van der Waals surface area contributed by atoms with Gasteiger partial charge in [0.05, 0.1) is 6.54 Å². The molecule has 0 spiro atoms. The average Bonchev–Trinajstić information content (AvgIpc) is 2.48. The SMILES string of the molecule is [B]C(=O)NCc1nc(C#N)cs1. The predicted molar refractivity (Wildman–Crippen MR) is 44.8 cm³/mol. The topological polar surface area (TPSA) is 65.8 Å². The van der Waals surface area contributed by atoms with Crippen molar-refractivity contribution in [1.82, 2.24) is 10.3 Å². The molecule has 1 aromatic heterocycles. The standard InChI is InChI=1S/C6H4BN3OS/c7-6(11)9-2-5-10-4(1-8)3-12-5/h3H,2H2,(H,9,11). The van der Waals surface area contributed by atoms with Gasteiger partial charge in [-0.25, -0.2) is 4.98 Å². The van der Waals surface area contributed by atoms with E-state index in [1.54, 1.807) is 5.38 Å². The van der Waals surface area contributed by atoms with E-state index in [2.05, 4.69) is 10.3 Å². The largest absolute Gasteiger partial charge is 0.359 e. The quantitative estimate of drug-likeness (QED) is 0.664. The molecular weight excluding hydrogens is 173 g/mol. The number of amides is 1. The summed E-state index contributed by atoms with van der Waals surface area (Å²) in [6.07, 6.45) is 0. The number of carbonyl (C=O) groups is 1. The second-order valence-corrected chi connectivity index (χ2v) is 2.90. The zero-order valence-electron chi connectivity index (χ0n) is 6.07. The van der Waals surface area contributed by atoms with Crippen LogP contribution in [0, 0.1) is 11.3 Å². The minimum absolute atomic E-state index is 0.279. The molecule has 1 aromatic rings. The summed E-state index contributed by atoms with van der Waals surface area (Å²) in [7, 11) is 4.84. The van der Waals surface area contributed by atoms with Crippen molar-refractivity contribution in [1.29, 1.82) is 5.26 Å². The van der Waals surface area contributed by atoms with Crippen LogP contribution in [-0.4, -0.2) is 18.6 Å². The highest BCUT2D eigenvalue weighted by Gasteiger charge is 2.00. The van der Waals surface area contributed by atoms with E-state index in [0.717, 1.165) is 0 Å². The van der Waals surface area contributed by atoms with Crippen LogP contribution in [0.5, 0.6) is 0 Å². The molecule has 12 heavy (non-hydrogen) atoms. The van der Waals surface area contributed by atoms with Crippen LogP contribution in [0.1, 0.15) is 10.7 Å². The first-order valence-electron chi connectivity index (χ1n) is 3.10. The van der Waals surface area contributed by atoms with Gasteiger partial charge in [-0.05, 0) is 0 Å². The number of nitrogens with one attached hydrogen (secondary N) is 1. The number of carbonyl (C=O) groups excluding carboxylic acids is 1. The minimum atomic E-state index is -0.594. The van der Waals surface area contributed by atoms with E-state index in [1.165, 1.54) is 11.3 Å². The number of hydrogen-bond donors (Lipinski definition) is 1. The van der Waals surface area contributed by atoms with E-state index in [0.29, 0.717) is 10.7 Å². The Hall–Kier alpha value is -1.35. The van der Waals surface area contributed by atoms with Gasteiger partial charge in [0.25, 0.3) is 0 Å². The van der Waals surface area contributed by atoms with Crippen LogP contribution in [-0.2, 0) is 6.54 Å². The molecule has 58 valence electrons. The lowest BCUT2D eigenvalue weighted by atomic mass is 10.1. The van der Waals surface area contributed by atoms with Crippen LogP contribution in [0.25, 0.3) is 0 Å². The first-order valence-corrected chi connectivity index (χ1v) is 3.98. The van der Waals surface area contributed by atoms with Crippen LogP contribution in [0.4, 0.5) is 4.79 Å². The maximum absolute atomic E-state index is 10.3. The lowest BCUT2D eigenvalue weighted by Gasteiger charge is -1.95. The van der Waals surface area contributed by atoms with Crippen LogP contribution in [0.2, 0.25) is 0 Å². The highest BCUT2D eigenvalue weighted by atomic mass is 32.1. The average molecular weight is 177 g/mol. The zero-order chi connectivity index (χ0) is 8.97. The Morgan fingerprint density at radius 2 is 2.67 bits per heavy atom. The normalized spacial score (nSPS) is 8.92. The molecule has 6 heteroatoms. The van der Waals surface area contributed by atoms with Gasteiger partial charge >= 0.3 is 0 Å². The van der Waals surface area contributed by atoms with Gasteiger partial charge in [0.15, 0.2) is 11.5 Å². The van der Waals surface area contributed by atoms with Crippen molar-refractivity contribution in [2.75, 3.05) is 0 Å². The smallest absolute Gasteiger partial charge is 0.200 e. The van der Waals surface area contributed by atoms with Gasteiger partial charge in [-0.1, -0.05) is 0 Å². The third-order valence-electron chi connectivity index (χ3n) is 1.08. The van der Waals surface area contributed by atoms with Crippen LogP contribution < -0.4 is 5.32 Å². The molecule has 0 saturated carbocycles. The molecule has 0 aliphatic rings. The number of hydrogen-bond acceptors (Lipinski definition) is 4. The molecule has 0 aliphatic carbocycles. The van der Waals surface area contributed by atoms with E-state index in [1.807, 2.05) is 6.07 Å². The molecule has 1 N–H and O–H groups in total. The van der Waals surface area contributed by atoms with Crippen molar-refractivity contribution in [2.45, 2.75) is 6.54 Å². The van der Waals surface area contributed by atoms with Crippen LogP contribution in [0.3, 0.4) is 0 Å². The molecular formula is C6H4BN3OS. The van der Waals surface area contributed by atoms with Gasteiger partial charge in [-0.2, -0.15) is 5.26 Å². The van der Waals surface area contributed by atoms with Gasteiger partial charge in [-0.15, -0.1) is 11.3 Å². The molecule has 1 amide bonds. The third-order valence-corrected chi connectivity index (χ3v) is 1.93. The molecule has 0 fully saturated rings. The second kappa shape index (κ2) is 3.88. The predicted octanol–water partition coefficient (Wildman–Crippen LogP) is 0.393. The van der Waals surface area contributed by atoms with E-state index in [-0.39, 0.29) is 6.54 Å². The highest BCUT2D eigenvalue weighted by molar-refractivity contribution is 7.09. The Morgan fingerprint density at radius 3 is 3.17 bits per heavy atom. The van der Waals surface area contributed by atoms with Crippen molar-refractivity contribution in [3.63, 3.8) is 0 Å². The maximum Gasteiger partial charge on any atom is 0.200 e. The van der Waals surface area contributed by atoms with Gasteiger partial charge in [0.1, 0.15) is 11.1 Å². The molecule has 0 atom stereocenters. The molecule has 2 radical (unpaired) electrons. The highest BCUT2D eigenvalue weighted by Crippen LogP contribution is 2.07. The fourth-order valence-electron chi connectivity index (χ4n) is 0.606. The first-order chi connectivity index (χ1) is 5.72. The molecule has 1 heterocycles. The molecule has 4 nitrogen and oxygen atoms in total. The maximum atomic E-state index is 10.3. The molecule has 1 rings (SSSR count). The number of thiazole rings is 1. The zero-order valence-corrected chi connectivity index (χ0v) is 6.89. The van der Waals surface area contributed by atoms with Gasteiger partial charge in [-0.3, -0.25) is 4.79 Å². The van der Waals surface area contributed by atoms with E-state index in [9.17, 15) is 4.79 Å². The van der Waals surface area contributed by atoms with Crippen molar-refractivity contribution in [3.05, 3.63) is 16.1 Å². The number of aromatic nitrogens is 1. The Bertz CT molecular complexity index is 330. The summed E-state index contributed by atoms with van der Waals surface area (Å²) in [6.45, 7) is 0.279. The lowest BCUT2D eigenvalue weighted by Crippen LogP contribution is -2.20. The van der Waals surface area contributed by atoms with Crippen LogP contribution >= 0.6 is 11.3 Å². The Labute approximate surface area is 74.6 Å². The summed E-state index contributed by atoms with van der Waals surface area (Å²) in [4.78, 5) is 14.2. The molecule has 0 bridgehead atoms. The van der Waals surface area contributed by atoms with E-state index >= 15 is 0 Å². The van der Waals surface area contributed by atoms with Crippen molar-refractivity contribution >= 4 is 25.0 Å². The van der Waals surface area contributed by atoms with Crippen molar-refractivity contribution in [2.24, 2.45) is 0 Å². The van der Waals surface area contributed by atoms with E-state index < -0.39 is 5.81 Å². The number of nitrogens with zero attached hydrogens (tertiary/aromatic N) is 2. The number of nitriles is 1. The summed E-state index contributed by atoms with van der Waals surface area (Å²) in [5.41, 5.74) is 0.362. The Kier molecular flexibility index (Phi) is 2.83. The molecule has 0 saturated heterocycles. The summed E-state index contributed by atoms with van der Waals surface area (Å²) in [6, 6.07) is 1.89. The summed E-state index contributed by atoms with van der Waals surface area (Å²) < 4.78 is 0. The van der Waals surface area contributed by atoms with Crippen molar-refractivity contribution in [3.8, 4) is 6.07 Å². The Morgan fingerprint density at radius 1 is 1.92 bits per heavy atom. The number of rotatable bonds is 2. The lowest BCUT2D eigenvalue weighted by molar-refractivity contribution is 0.259. The van der Waals surface area contributed by atoms with Crippen LogP contribution in [0.15, 0.2) is 5.38 Å². The fourth-order valence-corrected chi connectivity index (χ4v) is 1.27. The second-order valence-electron chi connectivity index (χ2n) is 1.96. The minimum Gasteiger partial charge on any atom is -0.359 e. The fraction of sp³-hybridized carbons (Fsp3) is 0.167. The summed E-state index contributed by atoms with van der Waals surface area (Å²) in [5.74, 6) is -0.594.